The second kappa shape index (κ2) is 4.44. The lowest BCUT2D eigenvalue weighted by molar-refractivity contribution is -0.142. The van der Waals surface area contributed by atoms with Crippen LogP contribution in [0.5, 0.6) is 0 Å². The summed E-state index contributed by atoms with van der Waals surface area (Å²) in [6.07, 6.45) is 2.87. The van der Waals surface area contributed by atoms with Gasteiger partial charge in [-0.1, -0.05) is 0 Å². The number of carbonyl (C=O) groups excluding carboxylic acids is 1. The number of hydrogen-bond donors (Lipinski definition) is 1. The van der Waals surface area contributed by atoms with Crippen molar-refractivity contribution < 1.29 is 19.4 Å². The Morgan fingerprint density at radius 3 is 2.50 bits per heavy atom. The molecule has 2 aliphatic rings. The number of amides is 1. The number of carboxylic acid groups (broad SMARTS) is 1. The Bertz CT molecular complexity index is 360. The first-order valence-corrected chi connectivity index (χ1v) is 6.54. The third-order valence-corrected chi connectivity index (χ3v) is 3.70. The largest absolute Gasteiger partial charge is 0.481 e. The van der Waals surface area contributed by atoms with Crippen LogP contribution >= 0.6 is 0 Å². The molecule has 2 heterocycles. The molecular weight excluding hydrogens is 234 g/mol. The van der Waals surface area contributed by atoms with Crippen LogP contribution in [0.2, 0.25) is 0 Å². The highest BCUT2D eigenvalue weighted by molar-refractivity contribution is 5.76. The van der Waals surface area contributed by atoms with Crippen LogP contribution in [0.1, 0.15) is 46.5 Å². The molecule has 1 N–H and O–H groups in total. The average molecular weight is 255 g/mol. The molecular formula is C13H21NO4. The lowest BCUT2D eigenvalue weighted by Gasteiger charge is -2.36. The van der Waals surface area contributed by atoms with E-state index < -0.39 is 17.5 Å². The van der Waals surface area contributed by atoms with Crippen molar-refractivity contribution in [2.24, 2.45) is 5.92 Å². The molecule has 2 rings (SSSR count). The number of carbonyl (C=O) groups is 2. The van der Waals surface area contributed by atoms with Gasteiger partial charge in [-0.3, -0.25) is 4.79 Å². The van der Waals surface area contributed by atoms with Crippen LogP contribution in [0.3, 0.4) is 0 Å². The Hall–Kier alpha value is -1.26. The third kappa shape index (κ3) is 2.44. The Labute approximate surface area is 107 Å². The number of rotatable bonds is 1. The third-order valence-electron chi connectivity index (χ3n) is 3.70. The van der Waals surface area contributed by atoms with Crippen molar-refractivity contribution in [1.82, 2.24) is 4.90 Å². The summed E-state index contributed by atoms with van der Waals surface area (Å²) >= 11 is 0. The van der Waals surface area contributed by atoms with Crippen LogP contribution in [0, 0.1) is 5.92 Å². The van der Waals surface area contributed by atoms with Crippen molar-refractivity contribution in [2.75, 3.05) is 0 Å². The van der Waals surface area contributed by atoms with E-state index in [-0.39, 0.29) is 18.2 Å². The number of piperidine rings is 1. The second-order valence-electron chi connectivity index (χ2n) is 6.22. The Kier molecular flexibility index (Phi) is 3.25. The highest BCUT2D eigenvalue weighted by atomic mass is 16.6. The maximum atomic E-state index is 12.2. The minimum Gasteiger partial charge on any atom is -0.481 e. The number of carboxylic acids is 1. The average Bonchev–Trinajstić information content (AvgIpc) is 2.43. The van der Waals surface area contributed by atoms with E-state index in [4.69, 9.17) is 4.74 Å². The minimum absolute atomic E-state index is 0.0414. The number of ether oxygens (including phenoxy) is 1. The first-order valence-electron chi connectivity index (χ1n) is 6.54. The van der Waals surface area contributed by atoms with Gasteiger partial charge in [0.15, 0.2) is 0 Å². The fraction of sp³-hybridized carbons (Fsp3) is 0.846. The zero-order valence-corrected chi connectivity index (χ0v) is 11.2. The van der Waals surface area contributed by atoms with Gasteiger partial charge >= 0.3 is 12.1 Å². The Balaban J connectivity index is 2.14. The van der Waals surface area contributed by atoms with Gasteiger partial charge in [-0.25, -0.2) is 4.79 Å². The number of nitrogens with zero attached hydrogens (tertiary/aromatic N) is 1. The van der Waals surface area contributed by atoms with Gasteiger partial charge in [0, 0.05) is 12.1 Å². The van der Waals surface area contributed by atoms with Crippen LogP contribution < -0.4 is 0 Å². The predicted molar refractivity (Wildman–Crippen MR) is 65.2 cm³/mol. The molecule has 0 radical (unpaired) electrons. The maximum absolute atomic E-state index is 12.2. The zero-order chi connectivity index (χ0) is 13.5. The molecule has 5 heteroatoms. The topological polar surface area (TPSA) is 66.8 Å². The van der Waals surface area contributed by atoms with Gasteiger partial charge in [0.25, 0.3) is 0 Å². The molecule has 3 unspecified atom stereocenters. The van der Waals surface area contributed by atoms with E-state index >= 15 is 0 Å². The monoisotopic (exact) mass is 255 g/mol. The van der Waals surface area contributed by atoms with Crippen molar-refractivity contribution in [2.45, 2.75) is 64.1 Å². The summed E-state index contributed by atoms with van der Waals surface area (Å²) in [5, 5.41) is 9.21. The quantitative estimate of drug-likeness (QED) is 0.780. The molecule has 0 spiro atoms. The summed E-state index contributed by atoms with van der Waals surface area (Å²) in [7, 11) is 0. The Morgan fingerprint density at radius 2 is 1.94 bits per heavy atom. The SMILES string of the molecule is CC(C)(C)OC(=O)N1C2CCCC1C(C(=O)O)C2. The Morgan fingerprint density at radius 1 is 1.28 bits per heavy atom. The summed E-state index contributed by atoms with van der Waals surface area (Å²) in [4.78, 5) is 25.0. The summed E-state index contributed by atoms with van der Waals surface area (Å²) in [5.74, 6) is -1.22. The van der Waals surface area contributed by atoms with E-state index in [1.54, 1.807) is 4.90 Å². The molecule has 3 atom stereocenters. The standard InChI is InChI=1S/C13H21NO4/c1-13(2,3)18-12(17)14-8-5-4-6-10(14)9(7-8)11(15)16/h8-10H,4-7H2,1-3H3,(H,15,16). The fourth-order valence-corrected chi connectivity index (χ4v) is 3.05. The molecule has 2 saturated heterocycles. The molecule has 2 bridgehead atoms. The highest BCUT2D eigenvalue weighted by Crippen LogP contribution is 2.40. The summed E-state index contributed by atoms with van der Waals surface area (Å²) in [6.45, 7) is 5.47. The molecule has 102 valence electrons. The normalized spacial score (nSPS) is 31.3. The van der Waals surface area contributed by atoms with Gasteiger partial charge in [-0.2, -0.15) is 0 Å². The van der Waals surface area contributed by atoms with Gasteiger partial charge in [0.1, 0.15) is 5.60 Å². The molecule has 0 aromatic rings. The van der Waals surface area contributed by atoms with E-state index in [9.17, 15) is 14.7 Å². The van der Waals surface area contributed by atoms with Gasteiger partial charge < -0.3 is 14.7 Å². The lowest BCUT2D eigenvalue weighted by Crippen LogP contribution is -2.48. The van der Waals surface area contributed by atoms with E-state index in [2.05, 4.69) is 0 Å². The van der Waals surface area contributed by atoms with Crippen molar-refractivity contribution in [3.8, 4) is 0 Å². The van der Waals surface area contributed by atoms with Crippen LogP contribution in [0.15, 0.2) is 0 Å². The van der Waals surface area contributed by atoms with Gasteiger partial charge in [0.05, 0.1) is 5.92 Å². The molecule has 0 aliphatic carbocycles. The van der Waals surface area contributed by atoms with Gasteiger partial charge in [-0.05, 0) is 46.5 Å². The maximum Gasteiger partial charge on any atom is 0.410 e. The molecule has 2 aliphatic heterocycles. The van der Waals surface area contributed by atoms with Gasteiger partial charge in [0.2, 0.25) is 0 Å². The van der Waals surface area contributed by atoms with Crippen LogP contribution in [0.25, 0.3) is 0 Å². The lowest BCUT2D eigenvalue weighted by atomic mass is 9.98. The van der Waals surface area contributed by atoms with E-state index in [0.29, 0.717) is 6.42 Å². The van der Waals surface area contributed by atoms with Crippen LogP contribution in [-0.2, 0) is 9.53 Å². The van der Waals surface area contributed by atoms with Crippen LogP contribution in [-0.4, -0.2) is 39.8 Å². The van der Waals surface area contributed by atoms with Gasteiger partial charge in [-0.15, -0.1) is 0 Å². The highest BCUT2D eigenvalue weighted by Gasteiger charge is 2.50. The van der Waals surface area contributed by atoms with E-state index in [1.807, 2.05) is 20.8 Å². The van der Waals surface area contributed by atoms with Crippen molar-refractivity contribution in [3.63, 3.8) is 0 Å². The molecule has 1 amide bonds. The molecule has 0 aromatic carbocycles. The molecule has 2 fully saturated rings. The zero-order valence-electron chi connectivity index (χ0n) is 11.2. The second-order valence-corrected chi connectivity index (χ2v) is 6.22. The van der Waals surface area contributed by atoms with Crippen molar-refractivity contribution >= 4 is 12.1 Å². The molecule has 0 aromatic heterocycles. The predicted octanol–water partition coefficient (Wildman–Crippen LogP) is 2.25. The minimum atomic E-state index is -0.794. The molecule has 18 heavy (non-hydrogen) atoms. The summed E-state index contributed by atoms with van der Waals surface area (Å²) in [6, 6.07) is -0.143. The van der Waals surface area contributed by atoms with E-state index in [0.717, 1.165) is 19.3 Å². The van der Waals surface area contributed by atoms with Crippen molar-refractivity contribution in [1.29, 1.82) is 0 Å². The van der Waals surface area contributed by atoms with E-state index in [1.165, 1.54) is 0 Å². The number of hydrogen-bond acceptors (Lipinski definition) is 3. The van der Waals surface area contributed by atoms with Crippen molar-refractivity contribution in [3.05, 3.63) is 0 Å². The molecule has 0 saturated carbocycles. The molecule has 5 nitrogen and oxygen atoms in total. The first kappa shape index (κ1) is 13.2. The summed E-state index contributed by atoms with van der Waals surface area (Å²) in [5.41, 5.74) is -0.535. The first-order chi connectivity index (χ1) is 8.29. The number of fused-ring (bicyclic) bond motifs is 2. The smallest absolute Gasteiger partial charge is 0.410 e. The van der Waals surface area contributed by atoms with Crippen LogP contribution in [0.4, 0.5) is 4.79 Å². The fourth-order valence-electron chi connectivity index (χ4n) is 3.05. The summed E-state index contributed by atoms with van der Waals surface area (Å²) < 4.78 is 5.38. The number of aliphatic carboxylic acids is 1.